The predicted molar refractivity (Wildman–Crippen MR) is 50.8 cm³/mol. The van der Waals surface area contributed by atoms with E-state index in [4.69, 9.17) is 0 Å². The molecule has 2 nitrogen and oxygen atoms in total. The Morgan fingerprint density at radius 3 is 1.30 bits per heavy atom. The fourth-order valence-electron chi connectivity index (χ4n) is 0.804. The first-order valence-corrected chi connectivity index (χ1v) is 3.32. The van der Waals surface area contributed by atoms with Crippen LogP contribution in [0.5, 0.6) is 0 Å². The van der Waals surface area contributed by atoms with E-state index >= 15 is 0 Å². The summed E-state index contributed by atoms with van der Waals surface area (Å²) in [6, 6.07) is 8.13. The fraction of sp³-hybridized carbons (Fsp3) is 0. The van der Waals surface area contributed by atoms with Crippen molar-refractivity contribution in [3.05, 3.63) is 24.3 Å². The molecular weight excluding hydrogens is 122 g/mol. The minimum atomic E-state index is 1.14. The lowest BCUT2D eigenvalue weighted by Gasteiger charge is -2.01. The summed E-state index contributed by atoms with van der Waals surface area (Å²) in [6.45, 7) is 0. The standard InChI is InChI=1S/C6H10B2N2/c7-9-5-1-2-6(10-8)4-3-5/h1-4,9-10H,7-8H2. The Labute approximate surface area is 62.9 Å². The summed E-state index contributed by atoms with van der Waals surface area (Å²) in [5.41, 5.74) is 2.28. The molecule has 0 aliphatic rings. The molecule has 0 saturated heterocycles. The van der Waals surface area contributed by atoms with Crippen LogP contribution in [0.3, 0.4) is 0 Å². The van der Waals surface area contributed by atoms with Gasteiger partial charge < -0.3 is 10.5 Å². The molecule has 0 fully saturated rings. The zero-order chi connectivity index (χ0) is 7.40. The molecule has 2 N–H and O–H groups in total. The first kappa shape index (κ1) is 7.06. The van der Waals surface area contributed by atoms with Crippen molar-refractivity contribution in [3.8, 4) is 0 Å². The van der Waals surface area contributed by atoms with Crippen LogP contribution in [0, 0.1) is 0 Å². The van der Waals surface area contributed by atoms with Crippen LogP contribution in [0.2, 0.25) is 0 Å². The largest absolute Gasteiger partial charge is 0.434 e. The highest BCUT2D eigenvalue weighted by Gasteiger charge is 1.86. The van der Waals surface area contributed by atoms with Crippen molar-refractivity contribution in [1.29, 1.82) is 0 Å². The fourth-order valence-corrected chi connectivity index (χ4v) is 0.804. The lowest BCUT2D eigenvalue weighted by Crippen LogP contribution is -1.92. The Balaban J connectivity index is 2.80. The molecule has 0 aromatic heterocycles. The lowest BCUT2D eigenvalue weighted by atomic mass is 10.2. The zero-order valence-electron chi connectivity index (χ0n) is 6.31. The Hall–Kier alpha value is -1.05. The van der Waals surface area contributed by atoms with Crippen LogP contribution >= 0.6 is 0 Å². The summed E-state index contributed by atoms with van der Waals surface area (Å²) in [5, 5.41) is 6.10. The third-order valence-corrected chi connectivity index (χ3v) is 1.46. The van der Waals surface area contributed by atoms with Crippen LogP contribution in [0.4, 0.5) is 11.4 Å². The summed E-state index contributed by atoms with van der Waals surface area (Å²) >= 11 is 0. The average molecular weight is 132 g/mol. The highest BCUT2D eigenvalue weighted by atomic mass is 14.8. The number of hydrogen-bond acceptors (Lipinski definition) is 2. The summed E-state index contributed by atoms with van der Waals surface area (Å²) in [7, 11) is 3.82. The summed E-state index contributed by atoms with van der Waals surface area (Å²) in [6.07, 6.45) is 0. The number of anilines is 2. The van der Waals surface area contributed by atoms with E-state index in [1.54, 1.807) is 0 Å². The number of rotatable bonds is 2. The number of nitrogens with one attached hydrogen (secondary N) is 2. The minimum absolute atomic E-state index is 1.14. The second-order valence-corrected chi connectivity index (χ2v) is 2.08. The molecule has 0 bridgehead atoms. The van der Waals surface area contributed by atoms with E-state index in [1.807, 2.05) is 40.2 Å². The van der Waals surface area contributed by atoms with Gasteiger partial charge in [0, 0.05) is 11.4 Å². The molecule has 0 heterocycles. The molecular formula is C6H10B2N2. The number of benzene rings is 1. The SMILES string of the molecule is BNc1ccc(NB)cc1. The van der Waals surface area contributed by atoms with Gasteiger partial charge in [-0.2, -0.15) is 0 Å². The predicted octanol–water partition coefficient (Wildman–Crippen LogP) is -0.393. The van der Waals surface area contributed by atoms with E-state index in [0.29, 0.717) is 0 Å². The van der Waals surface area contributed by atoms with Gasteiger partial charge in [-0.15, -0.1) is 0 Å². The summed E-state index contributed by atoms with van der Waals surface area (Å²) in [5.74, 6) is 0. The molecule has 0 unspecified atom stereocenters. The van der Waals surface area contributed by atoms with Crippen molar-refractivity contribution in [2.24, 2.45) is 0 Å². The van der Waals surface area contributed by atoms with Gasteiger partial charge in [0.15, 0.2) is 0 Å². The molecule has 0 atom stereocenters. The molecule has 10 heavy (non-hydrogen) atoms. The quantitative estimate of drug-likeness (QED) is 0.535. The van der Waals surface area contributed by atoms with Crippen LogP contribution in [0.25, 0.3) is 0 Å². The lowest BCUT2D eigenvalue weighted by molar-refractivity contribution is 1.65. The average Bonchev–Trinajstić information content (AvgIpc) is 2.05. The molecule has 0 aliphatic carbocycles. The Kier molecular flexibility index (Phi) is 2.26. The monoisotopic (exact) mass is 132 g/mol. The van der Waals surface area contributed by atoms with Crippen LogP contribution in [0.1, 0.15) is 0 Å². The van der Waals surface area contributed by atoms with Crippen molar-refractivity contribution in [2.75, 3.05) is 10.5 Å². The second kappa shape index (κ2) is 3.20. The van der Waals surface area contributed by atoms with Crippen molar-refractivity contribution < 1.29 is 0 Å². The van der Waals surface area contributed by atoms with Crippen molar-refractivity contribution >= 4 is 27.3 Å². The van der Waals surface area contributed by atoms with Crippen LogP contribution in [0.15, 0.2) is 24.3 Å². The molecule has 0 saturated carbocycles. The Morgan fingerprint density at radius 1 is 0.800 bits per heavy atom. The summed E-state index contributed by atoms with van der Waals surface area (Å²) in [4.78, 5) is 0. The van der Waals surface area contributed by atoms with Gasteiger partial charge >= 0.3 is 0 Å². The minimum Gasteiger partial charge on any atom is -0.434 e. The van der Waals surface area contributed by atoms with Gasteiger partial charge in [0.05, 0.1) is 0 Å². The van der Waals surface area contributed by atoms with Gasteiger partial charge in [-0.3, -0.25) is 0 Å². The first-order chi connectivity index (χ1) is 4.86. The van der Waals surface area contributed by atoms with Gasteiger partial charge in [0.2, 0.25) is 16.0 Å². The van der Waals surface area contributed by atoms with Crippen molar-refractivity contribution in [3.63, 3.8) is 0 Å². The Bertz CT molecular complexity index is 174. The molecule has 1 rings (SSSR count). The third-order valence-electron chi connectivity index (χ3n) is 1.46. The maximum absolute atomic E-state index is 3.05. The molecule has 1 aromatic rings. The maximum Gasteiger partial charge on any atom is 0.213 e. The maximum atomic E-state index is 3.05. The van der Waals surface area contributed by atoms with Crippen molar-refractivity contribution in [1.82, 2.24) is 0 Å². The smallest absolute Gasteiger partial charge is 0.213 e. The van der Waals surface area contributed by atoms with E-state index in [0.717, 1.165) is 11.4 Å². The zero-order valence-corrected chi connectivity index (χ0v) is 6.31. The van der Waals surface area contributed by atoms with E-state index in [1.165, 1.54) is 0 Å². The van der Waals surface area contributed by atoms with Crippen LogP contribution < -0.4 is 10.5 Å². The second-order valence-electron chi connectivity index (χ2n) is 2.08. The molecule has 0 radical (unpaired) electrons. The topological polar surface area (TPSA) is 24.1 Å². The molecule has 1 aromatic carbocycles. The third kappa shape index (κ3) is 1.47. The normalized spacial score (nSPS) is 8.80. The Morgan fingerprint density at radius 2 is 1.10 bits per heavy atom. The van der Waals surface area contributed by atoms with Gasteiger partial charge in [-0.25, -0.2) is 0 Å². The molecule has 4 heteroatoms. The highest BCUT2D eigenvalue weighted by molar-refractivity contribution is 6.16. The molecule has 50 valence electrons. The van der Waals surface area contributed by atoms with Crippen molar-refractivity contribution in [2.45, 2.75) is 0 Å². The highest BCUT2D eigenvalue weighted by Crippen LogP contribution is 2.10. The molecule has 0 aliphatic heterocycles. The molecule has 0 amide bonds. The summed E-state index contributed by atoms with van der Waals surface area (Å²) < 4.78 is 0. The first-order valence-electron chi connectivity index (χ1n) is 3.32. The van der Waals surface area contributed by atoms with Gasteiger partial charge in [0.25, 0.3) is 0 Å². The number of hydrogen-bond donors (Lipinski definition) is 2. The van der Waals surface area contributed by atoms with Crippen LogP contribution in [-0.4, -0.2) is 16.0 Å². The van der Waals surface area contributed by atoms with Gasteiger partial charge in [-0.05, 0) is 24.3 Å². The van der Waals surface area contributed by atoms with Gasteiger partial charge in [0.1, 0.15) is 0 Å². The van der Waals surface area contributed by atoms with E-state index in [-0.39, 0.29) is 0 Å². The van der Waals surface area contributed by atoms with Gasteiger partial charge in [-0.1, -0.05) is 0 Å². The van der Waals surface area contributed by atoms with E-state index in [2.05, 4.69) is 10.5 Å². The van der Waals surface area contributed by atoms with E-state index < -0.39 is 0 Å². The van der Waals surface area contributed by atoms with E-state index in [9.17, 15) is 0 Å². The molecule has 0 spiro atoms. The van der Waals surface area contributed by atoms with Crippen LogP contribution in [-0.2, 0) is 0 Å².